The number of nitrogens with two attached hydrogens (primary N) is 1. The SMILES string of the molecule is C=C/C(=C\N=C(/C)OCCOC)[C@H](C)N. The highest BCUT2D eigenvalue weighted by Crippen LogP contribution is 2.01. The molecule has 4 nitrogen and oxygen atoms in total. The zero-order valence-electron chi connectivity index (χ0n) is 9.69. The van der Waals surface area contributed by atoms with Crippen molar-refractivity contribution in [2.75, 3.05) is 20.3 Å². The number of ether oxygens (including phenoxy) is 2. The average molecular weight is 212 g/mol. The monoisotopic (exact) mass is 212 g/mol. The molecule has 0 aromatic heterocycles. The van der Waals surface area contributed by atoms with Gasteiger partial charge in [0.15, 0.2) is 5.90 Å². The van der Waals surface area contributed by atoms with E-state index in [1.807, 2.05) is 6.92 Å². The van der Waals surface area contributed by atoms with Crippen molar-refractivity contribution >= 4 is 5.90 Å². The van der Waals surface area contributed by atoms with E-state index in [2.05, 4.69) is 11.6 Å². The molecule has 0 aliphatic rings. The molecule has 0 unspecified atom stereocenters. The van der Waals surface area contributed by atoms with Crippen molar-refractivity contribution in [2.24, 2.45) is 10.7 Å². The third kappa shape index (κ3) is 6.88. The molecule has 0 heterocycles. The topological polar surface area (TPSA) is 56.8 Å². The molecule has 0 aromatic carbocycles. The first-order valence-electron chi connectivity index (χ1n) is 4.86. The quantitative estimate of drug-likeness (QED) is 0.314. The second-order valence-corrected chi connectivity index (χ2v) is 3.11. The molecule has 0 aliphatic carbocycles. The number of nitrogens with zero attached hydrogens (tertiary/aromatic N) is 1. The van der Waals surface area contributed by atoms with Gasteiger partial charge in [0.05, 0.1) is 6.61 Å². The predicted octanol–water partition coefficient (Wildman–Crippen LogP) is 1.48. The number of hydrogen-bond acceptors (Lipinski definition) is 4. The van der Waals surface area contributed by atoms with E-state index in [1.165, 1.54) is 0 Å². The lowest BCUT2D eigenvalue weighted by molar-refractivity contribution is 0.140. The maximum Gasteiger partial charge on any atom is 0.184 e. The van der Waals surface area contributed by atoms with Gasteiger partial charge in [-0.3, -0.25) is 0 Å². The van der Waals surface area contributed by atoms with Gasteiger partial charge < -0.3 is 15.2 Å². The van der Waals surface area contributed by atoms with Crippen LogP contribution in [0.2, 0.25) is 0 Å². The van der Waals surface area contributed by atoms with Crippen LogP contribution in [0.25, 0.3) is 0 Å². The van der Waals surface area contributed by atoms with Crippen LogP contribution < -0.4 is 5.73 Å². The number of rotatable bonds is 6. The van der Waals surface area contributed by atoms with Crippen LogP contribution >= 0.6 is 0 Å². The Morgan fingerprint density at radius 3 is 2.67 bits per heavy atom. The van der Waals surface area contributed by atoms with Gasteiger partial charge in [-0.05, 0) is 12.5 Å². The molecule has 15 heavy (non-hydrogen) atoms. The van der Waals surface area contributed by atoms with Gasteiger partial charge in [0.1, 0.15) is 6.61 Å². The summed E-state index contributed by atoms with van der Waals surface area (Å²) in [6, 6.07) is -0.0713. The lowest BCUT2D eigenvalue weighted by atomic mass is 10.1. The first kappa shape index (κ1) is 13.9. The Morgan fingerprint density at radius 1 is 1.53 bits per heavy atom. The van der Waals surface area contributed by atoms with E-state index in [0.717, 1.165) is 5.57 Å². The van der Waals surface area contributed by atoms with Gasteiger partial charge in [-0.1, -0.05) is 12.7 Å². The molecule has 2 N–H and O–H groups in total. The van der Waals surface area contributed by atoms with Crippen LogP contribution in [0.3, 0.4) is 0 Å². The fourth-order valence-electron chi connectivity index (χ4n) is 0.832. The summed E-state index contributed by atoms with van der Waals surface area (Å²) in [4.78, 5) is 4.11. The highest BCUT2D eigenvalue weighted by Gasteiger charge is 1.97. The summed E-state index contributed by atoms with van der Waals surface area (Å²) in [7, 11) is 1.63. The Labute approximate surface area is 91.5 Å². The molecule has 0 bridgehead atoms. The third-order valence-corrected chi connectivity index (χ3v) is 1.76. The minimum absolute atomic E-state index is 0.0713. The Balaban J connectivity index is 4.16. The molecule has 1 atom stereocenters. The molecule has 0 aromatic rings. The van der Waals surface area contributed by atoms with Crippen molar-refractivity contribution in [3.63, 3.8) is 0 Å². The van der Waals surface area contributed by atoms with Crippen molar-refractivity contribution < 1.29 is 9.47 Å². The van der Waals surface area contributed by atoms with Crippen LogP contribution in [0.1, 0.15) is 13.8 Å². The van der Waals surface area contributed by atoms with Gasteiger partial charge in [-0.2, -0.15) is 0 Å². The molecule has 0 amide bonds. The zero-order chi connectivity index (χ0) is 11.7. The molecule has 86 valence electrons. The zero-order valence-corrected chi connectivity index (χ0v) is 9.69. The van der Waals surface area contributed by atoms with Crippen molar-refractivity contribution in [1.29, 1.82) is 0 Å². The summed E-state index contributed by atoms with van der Waals surface area (Å²) in [6.45, 7) is 8.38. The van der Waals surface area contributed by atoms with Crippen LogP contribution in [0.15, 0.2) is 29.4 Å². The van der Waals surface area contributed by atoms with E-state index in [9.17, 15) is 0 Å². The molecule has 0 rings (SSSR count). The fourth-order valence-corrected chi connectivity index (χ4v) is 0.832. The normalized spacial score (nSPS) is 14.9. The molecule has 0 saturated carbocycles. The maximum absolute atomic E-state index is 5.69. The van der Waals surface area contributed by atoms with Crippen LogP contribution in [-0.2, 0) is 9.47 Å². The Bertz CT molecular complexity index is 245. The van der Waals surface area contributed by atoms with E-state index in [1.54, 1.807) is 26.3 Å². The van der Waals surface area contributed by atoms with Gasteiger partial charge in [-0.25, -0.2) is 4.99 Å². The summed E-state index contributed by atoms with van der Waals surface area (Å²) in [5.74, 6) is 0.590. The smallest absolute Gasteiger partial charge is 0.184 e. The van der Waals surface area contributed by atoms with Gasteiger partial charge in [0, 0.05) is 26.3 Å². The minimum atomic E-state index is -0.0713. The van der Waals surface area contributed by atoms with Gasteiger partial charge in [-0.15, -0.1) is 0 Å². The van der Waals surface area contributed by atoms with E-state index in [4.69, 9.17) is 15.2 Å². The van der Waals surface area contributed by atoms with Gasteiger partial charge in [0.2, 0.25) is 0 Å². The lowest BCUT2D eigenvalue weighted by Crippen LogP contribution is -2.16. The molecular formula is C11H20N2O2. The van der Waals surface area contributed by atoms with E-state index in [0.29, 0.717) is 19.1 Å². The van der Waals surface area contributed by atoms with E-state index < -0.39 is 0 Å². The second-order valence-electron chi connectivity index (χ2n) is 3.11. The number of hydrogen-bond donors (Lipinski definition) is 1. The first-order chi connectivity index (χ1) is 7.11. The maximum atomic E-state index is 5.69. The third-order valence-electron chi connectivity index (χ3n) is 1.76. The summed E-state index contributed by atoms with van der Waals surface area (Å²) < 4.78 is 10.1. The van der Waals surface area contributed by atoms with Crippen LogP contribution in [0, 0.1) is 0 Å². The number of methoxy groups -OCH3 is 1. The average Bonchev–Trinajstić information content (AvgIpc) is 2.18. The fraction of sp³-hybridized carbons (Fsp3) is 0.545. The van der Waals surface area contributed by atoms with Crippen molar-refractivity contribution in [1.82, 2.24) is 0 Å². The Hall–Kier alpha value is -1.13. The van der Waals surface area contributed by atoms with Crippen LogP contribution in [0.4, 0.5) is 0 Å². The first-order valence-corrected chi connectivity index (χ1v) is 4.86. The highest BCUT2D eigenvalue weighted by molar-refractivity contribution is 5.73. The summed E-state index contributed by atoms with van der Waals surface area (Å²) >= 11 is 0. The van der Waals surface area contributed by atoms with Crippen LogP contribution in [-0.4, -0.2) is 32.3 Å². The second kappa shape index (κ2) is 8.20. The number of aliphatic imine (C=N–C) groups is 1. The predicted molar refractivity (Wildman–Crippen MR) is 62.9 cm³/mol. The standard InChI is InChI=1S/C11H20N2O2/c1-5-11(9(2)12)8-13-10(3)15-7-6-14-4/h5,8-9H,1,6-7,12H2,2-4H3/b11-8+,13-10+/t9-/m0/s1. The largest absolute Gasteiger partial charge is 0.478 e. The Kier molecular flexibility index (Phi) is 7.58. The van der Waals surface area contributed by atoms with Crippen LogP contribution in [0.5, 0.6) is 0 Å². The van der Waals surface area contributed by atoms with E-state index >= 15 is 0 Å². The van der Waals surface area contributed by atoms with Crippen molar-refractivity contribution in [3.8, 4) is 0 Å². The molecule has 0 spiro atoms. The summed E-state index contributed by atoms with van der Waals surface area (Å²) in [5.41, 5.74) is 6.56. The highest BCUT2D eigenvalue weighted by atomic mass is 16.5. The summed E-state index contributed by atoms with van der Waals surface area (Å²) in [5, 5.41) is 0. The summed E-state index contributed by atoms with van der Waals surface area (Å²) in [6.07, 6.45) is 3.36. The molecule has 0 radical (unpaired) electrons. The van der Waals surface area contributed by atoms with Crippen molar-refractivity contribution in [2.45, 2.75) is 19.9 Å². The van der Waals surface area contributed by atoms with Gasteiger partial charge >= 0.3 is 0 Å². The molecular weight excluding hydrogens is 192 g/mol. The molecule has 0 saturated heterocycles. The van der Waals surface area contributed by atoms with Crippen molar-refractivity contribution in [3.05, 3.63) is 24.4 Å². The molecule has 0 aliphatic heterocycles. The Morgan fingerprint density at radius 2 is 2.20 bits per heavy atom. The minimum Gasteiger partial charge on any atom is -0.478 e. The lowest BCUT2D eigenvalue weighted by Gasteiger charge is -2.05. The van der Waals surface area contributed by atoms with E-state index in [-0.39, 0.29) is 6.04 Å². The molecule has 0 fully saturated rings. The molecule has 4 heteroatoms. The van der Waals surface area contributed by atoms with Gasteiger partial charge in [0.25, 0.3) is 0 Å².